The number of H-pyrrole nitrogens is 1. The van der Waals surface area contributed by atoms with Crippen molar-refractivity contribution >= 4 is 16.9 Å². The Balaban J connectivity index is 1.88. The third-order valence-corrected chi connectivity index (χ3v) is 4.45. The third kappa shape index (κ3) is 5.01. The Hall–Kier alpha value is -3.16. The Bertz CT molecular complexity index is 1030. The summed E-state index contributed by atoms with van der Waals surface area (Å²) in [6, 6.07) is 11.4. The van der Waals surface area contributed by atoms with E-state index >= 15 is 0 Å². The number of aromatic nitrogens is 1. The minimum absolute atomic E-state index is 0.269. The van der Waals surface area contributed by atoms with Crippen molar-refractivity contribution in [2.24, 2.45) is 0 Å². The van der Waals surface area contributed by atoms with Gasteiger partial charge in [0, 0.05) is 16.6 Å². The first-order chi connectivity index (χ1) is 13.7. The normalized spacial score (nSPS) is 12.6. The van der Waals surface area contributed by atoms with Crippen molar-refractivity contribution in [1.29, 1.82) is 0 Å². The number of aryl methyl sites for hydroxylation is 1. The van der Waals surface area contributed by atoms with Gasteiger partial charge in [0.25, 0.3) is 0 Å². The van der Waals surface area contributed by atoms with Gasteiger partial charge in [0.05, 0.1) is 7.11 Å². The van der Waals surface area contributed by atoms with Crippen LogP contribution in [0.25, 0.3) is 10.9 Å². The van der Waals surface area contributed by atoms with Crippen molar-refractivity contribution in [1.82, 2.24) is 4.98 Å². The zero-order valence-corrected chi connectivity index (χ0v) is 16.1. The maximum atomic E-state index is 12.5. The second kappa shape index (κ2) is 8.06. The molecule has 3 rings (SSSR count). The van der Waals surface area contributed by atoms with Gasteiger partial charge in [-0.05, 0) is 61.7 Å². The Morgan fingerprint density at radius 3 is 2.59 bits per heavy atom. The largest absolute Gasteiger partial charge is 0.573 e. The van der Waals surface area contributed by atoms with Gasteiger partial charge in [-0.15, -0.1) is 13.2 Å². The smallest absolute Gasteiger partial charge is 0.479 e. The molecule has 0 aliphatic carbocycles. The topological polar surface area (TPSA) is 60.5 Å². The van der Waals surface area contributed by atoms with Crippen LogP contribution in [0.4, 0.5) is 13.2 Å². The van der Waals surface area contributed by atoms with Crippen molar-refractivity contribution < 1.29 is 32.2 Å². The zero-order chi connectivity index (χ0) is 21.2. The van der Waals surface area contributed by atoms with Gasteiger partial charge in [0.1, 0.15) is 11.5 Å². The highest BCUT2D eigenvalue weighted by molar-refractivity contribution is 5.86. The predicted molar refractivity (Wildman–Crippen MR) is 101 cm³/mol. The summed E-state index contributed by atoms with van der Waals surface area (Å²) in [4.78, 5) is 14.7. The summed E-state index contributed by atoms with van der Waals surface area (Å²) < 4.78 is 51.9. The van der Waals surface area contributed by atoms with Crippen LogP contribution in [0.1, 0.15) is 23.7 Å². The molecule has 29 heavy (non-hydrogen) atoms. The van der Waals surface area contributed by atoms with Gasteiger partial charge in [-0.3, -0.25) is 0 Å². The Kier molecular flexibility index (Phi) is 5.72. The summed E-state index contributed by atoms with van der Waals surface area (Å²) in [5.74, 6) is -0.256. The van der Waals surface area contributed by atoms with Crippen LogP contribution in [0.15, 0.2) is 42.5 Å². The van der Waals surface area contributed by atoms with Gasteiger partial charge in [-0.1, -0.05) is 12.1 Å². The fourth-order valence-electron chi connectivity index (χ4n) is 3.14. The molecule has 0 radical (unpaired) electrons. The van der Waals surface area contributed by atoms with Gasteiger partial charge >= 0.3 is 12.3 Å². The lowest BCUT2D eigenvalue weighted by molar-refractivity contribution is -0.274. The van der Waals surface area contributed by atoms with E-state index in [0.29, 0.717) is 17.6 Å². The fourth-order valence-corrected chi connectivity index (χ4v) is 3.14. The number of carbonyl (C=O) groups is 1. The van der Waals surface area contributed by atoms with E-state index in [-0.39, 0.29) is 5.75 Å². The van der Waals surface area contributed by atoms with E-state index in [1.54, 1.807) is 31.2 Å². The summed E-state index contributed by atoms with van der Waals surface area (Å²) in [5, 5.41) is 0.651. The van der Waals surface area contributed by atoms with E-state index in [9.17, 15) is 18.0 Å². The van der Waals surface area contributed by atoms with E-state index in [0.717, 1.165) is 22.3 Å². The minimum Gasteiger partial charge on any atom is -0.479 e. The number of carbonyl (C=O) groups excluding carboxylic acids is 1. The van der Waals surface area contributed by atoms with Crippen molar-refractivity contribution in [3.63, 3.8) is 0 Å². The standard InChI is InChI=1S/C21H20F3NO4/c1-12-17(18-11-16(29-21(22,23)24)7-8-19(18)25-12)10-14-5-4-6-15(9-14)28-13(2)20(26)27-3/h4-9,11,13,25H,10H2,1-3H3. The predicted octanol–water partition coefficient (Wildman–Crippen LogP) is 4.91. The molecular formula is C21H20F3NO4. The summed E-state index contributed by atoms with van der Waals surface area (Å²) in [7, 11) is 1.29. The second-order valence-electron chi connectivity index (χ2n) is 6.59. The summed E-state index contributed by atoms with van der Waals surface area (Å²) >= 11 is 0. The number of halogens is 3. The maximum absolute atomic E-state index is 12.5. The van der Waals surface area contributed by atoms with Crippen LogP contribution in [0.3, 0.4) is 0 Å². The minimum atomic E-state index is -4.75. The number of benzene rings is 2. The highest BCUT2D eigenvalue weighted by Gasteiger charge is 2.31. The number of nitrogens with one attached hydrogen (secondary N) is 1. The van der Waals surface area contributed by atoms with Gasteiger partial charge in [-0.25, -0.2) is 4.79 Å². The van der Waals surface area contributed by atoms with Crippen molar-refractivity contribution in [2.75, 3.05) is 7.11 Å². The molecule has 3 aromatic rings. The molecule has 154 valence electrons. The number of esters is 1. The van der Waals surface area contributed by atoms with E-state index < -0.39 is 18.4 Å². The molecule has 0 bridgehead atoms. The lowest BCUT2D eigenvalue weighted by Crippen LogP contribution is -2.24. The lowest BCUT2D eigenvalue weighted by atomic mass is 10.0. The average molecular weight is 407 g/mol. The molecule has 0 saturated carbocycles. The number of ether oxygens (including phenoxy) is 3. The van der Waals surface area contributed by atoms with Crippen molar-refractivity contribution in [3.05, 3.63) is 59.3 Å². The summed E-state index contributed by atoms with van der Waals surface area (Å²) in [6.07, 6.45) is -5.04. The van der Waals surface area contributed by atoms with E-state index in [4.69, 9.17) is 4.74 Å². The molecule has 0 amide bonds. The first-order valence-electron chi connectivity index (χ1n) is 8.86. The maximum Gasteiger partial charge on any atom is 0.573 e. The molecule has 0 aliphatic rings. The van der Waals surface area contributed by atoms with E-state index in [1.807, 2.05) is 13.0 Å². The molecule has 0 spiro atoms. The number of rotatable bonds is 6. The van der Waals surface area contributed by atoms with Gasteiger partial charge in [0.15, 0.2) is 6.10 Å². The number of fused-ring (bicyclic) bond motifs is 1. The molecule has 1 unspecified atom stereocenters. The molecule has 8 heteroatoms. The molecule has 2 aromatic carbocycles. The molecule has 0 aliphatic heterocycles. The Labute approximate surface area is 165 Å². The molecule has 1 atom stereocenters. The van der Waals surface area contributed by atoms with E-state index in [1.165, 1.54) is 19.2 Å². The number of methoxy groups -OCH3 is 1. The zero-order valence-electron chi connectivity index (χ0n) is 16.1. The molecule has 1 heterocycles. The van der Waals surface area contributed by atoms with Crippen molar-refractivity contribution in [3.8, 4) is 11.5 Å². The number of hydrogen-bond acceptors (Lipinski definition) is 4. The van der Waals surface area contributed by atoms with Gasteiger partial charge in [-0.2, -0.15) is 0 Å². The van der Waals surface area contributed by atoms with Crippen LogP contribution >= 0.6 is 0 Å². The number of hydrogen-bond donors (Lipinski definition) is 1. The third-order valence-electron chi connectivity index (χ3n) is 4.45. The van der Waals surface area contributed by atoms with Crippen LogP contribution < -0.4 is 9.47 Å². The number of alkyl halides is 3. The Morgan fingerprint density at radius 1 is 1.14 bits per heavy atom. The molecule has 0 fully saturated rings. The first kappa shape index (κ1) is 20.6. The fraction of sp³-hybridized carbons (Fsp3) is 0.286. The molecule has 0 saturated heterocycles. The second-order valence-corrected chi connectivity index (χ2v) is 6.59. The first-order valence-corrected chi connectivity index (χ1v) is 8.86. The Morgan fingerprint density at radius 2 is 1.90 bits per heavy atom. The SMILES string of the molecule is COC(=O)C(C)Oc1cccc(Cc2c(C)[nH]c3ccc(OC(F)(F)F)cc23)c1. The summed E-state index contributed by atoms with van der Waals surface area (Å²) in [6.45, 7) is 3.45. The lowest BCUT2D eigenvalue weighted by Gasteiger charge is -2.13. The van der Waals surface area contributed by atoms with Crippen molar-refractivity contribution in [2.45, 2.75) is 32.7 Å². The van der Waals surface area contributed by atoms with Crippen LogP contribution in [0.5, 0.6) is 11.5 Å². The summed E-state index contributed by atoms with van der Waals surface area (Å²) in [5.41, 5.74) is 3.30. The molecular weight excluding hydrogens is 387 g/mol. The monoisotopic (exact) mass is 407 g/mol. The van der Waals surface area contributed by atoms with Crippen LogP contribution in [0, 0.1) is 6.92 Å². The van der Waals surface area contributed by atoms with Crippen LogP contribution in [-0.4, -0.2) is 30.5 Å². The molecule has 5 nitrogen and oxygen atoms in total. The molecule has 1 aromatic heterocycles. The molecule has 1 N–H and O–H groups in total. The van der Waals surface area contributed by atoms with Crippen LogP contribution in [0.2, 0.25) is 0 Å². The number of aromatic amines is 1. The van der Waals surface area contributed by atoms with Gasteiger partial charge in [0.2, 0.25) is 0 Å². The van der Waals surface area contributed by atoms with Gasteiger partial charge < -0.3 is 19.2 Å². The highest BCUT2D eigenvalue weighted by Crippen LogP contribution is 2.31. The highest BCUT2D eigenvalue weighted by atomic mass is 19.4. The van der Waals surface area contributed by atoms with E-state index in [2.05, 4.69) is 14.5 Å². The average Bonchev–Trinajstić information content (AvgIpc) is 2.95. The van der Waals surface area contributed by atoms with Crippen LogP contribution in [-0.2, 0) is 16.0 Å². The quantitative estimate of drug-likeness (QED) is 0.590.